The molecule has 2 fully saturated rings. The topological polar surface area (TPSA) is 49.4 Å². The second-order valence-corrected chi connectivity index (χ2v) is 5.10. The number of imide groups is 1. The molecule has 4 nitrogen and oxygen atoms in total. The monoisotopic (exact) mass is 224 g/mol. The summed E-state index contributed by atoms with van der Waals surface area (Å²) in [5.41, 5.74) is 0. The number of urea groups is 1. The number of hydrogen-bond donors (Lipinski definition) is 1. The third kappa shape index (κ3) is 1.93. The van der Waals surface area contributed by atoms with Gasteiger partial charge in [-0.05, 0) is 26.7 Å². The quantitative estimate of drug-likeness (QED) is 0.739. The van der Waals surface area contributed by atoms with Gasteiger partial charge >= 0.3 is 6.03 Å². The summed E-state index contributed by atoms with van der Waals surface area (Å²) in [6.07, 6.45) is 5.28. The molecule has 0 radical (unpaired) electrons. The van der Waals surface area contributed by atoms with Gasteiger partial charge in [-0.15, -0.1) is 0 Å². The lowest BCUT2D eigenvalue weighted by atomic mass is 9.91. The van der Waals surface area contributed by atoms with Crippen LogP contribution in [-0.2, 0) is 4.79 Å². The van der Waals surface area contributed by atoms with E-state index in [1.807, 2.05) is 13.8 Å². The van der Waals surface area contributed by atoms with Crippen LogP contribution in [0.15, 0.2) is 0 Å². The first kappa shape index (κ1) is 11.4. The number of carbonyl (C=O) groups excluding carboxylic acids is 2. The Balaban J connectivity index is 2.19. The van der Waals surface area contributed by atoms with Crippen LogP contribution in [0.3, 0.4) is 0 Å². The van der Waals surface area contributed by atoms with E-state index in [2.05, 4.69) is 5.32 Å². The molecule has 0 aromatic carbocycles. The lowest BCUT2D eigenvalue weighted by Gasteiger charge is -2.38. The van der Waals surface area contributed by atoms with Crippen molar-refractivity contribution in [2.75, 3.05) is 0 Å². The van der Waals surface area contributed by atoms with E-state index in [1.54, 1.807) is 0 Å². The minimum Gasteiger partial charge on any atom is -0.334 e. The molecule has 1 N–H and O–H groups in total. The minimum atomic E-state index is -0.205. The molecule has 3 amide bonds. The average molecular weight is 224 g/mol. The van der Waals surface area contributed by atoms with Gasteiger partial charge in [0.05, 0.1) is 5.92 Å². The summed E-state index contributed by atoms with van der Waals surface area (Å²) in [4.78, 5) is 25.4. The summed E-state index contributed by atoms with van der Waals surface area (Å²) in [6.45, 7) is 3.77. The molecule has 1 heterocycles. The van der Waals surface area contributed by atoms with E-state index in [0.717, 1.165) is 25.7 Å². The molecule has 2 atom stereocenters. The van der Waals surface area contributed by atoms with Gasteiger partial charge in [-0.2, -0.15) is 0 Å². The number of rotatable bonds is 1. The molecule has 16 heavy (non-hydrogen) atoms. The summed E-state index contributed by atoms with van der Waals surface area (Å²) >= 11 is 0. The van der Waals surface area contributed by atoms with Crippen molar-refractivity contribution >= 4 is 11.9 Å². The Kier molecular flexibility index (Phi) is 3.17. The summed E-state index contributed by atoms with van der Waals surface area (Å²) in [6, 6.07) is -0.169. The van der Waals surface area contributed by atoms with Crippen molar-refractivity contribution < 1.29 is 9.59 Å². The smallest absolute Gasteiger partial charge is 0.324 e. The van der Waals surface area contributed by atoms with Gasteiger partial charge in [0, 0.05) is 12.1 Å². The van der Waals surface area contributed by atoms with Crippen LogP contribution in [0, 0.1) is 5.92 Å². The molecule has 1 saturated heterocycles. The van der Waals surface area contributed by atoms with Crippen LogP contribution in [0.25, 0.3) is 0 Å². The number of carbonyl (C=O) groups is 2. The lowest BCUT2D eigenvalue weighted by molar-refractivity contribution is -0.137. The van der Waals surface area contributed by atoms with Crippen molar-refractivity contribution in [2.24, 2.45) is 5.92 Å². The van der Waals surface area contributed by atoms with E-state index in [1.165, 1.54) is 11.3 Å². The van der Waals surface area contributed by atoms with Gasteiger partial charge in [0.25, 0.3) is 0 Å². The third-order valence-corrected chi connectivity index (χ3v) is 3.61. The second-order valence-electron chi connectivity index (χ2n) is 5.10. The Bertz CT molecular complexity index is 301. The first-order valence-electron chi connectivity index (χ1n) is 6.25. The molecule has 0 spiro atoms. The van der Waals surface area contributed by atoms with Gasteiger partial charge in [0.15, 0.2) is 0 Å². The Morgan fingerprint density at radius 1 is 1.19 bits per heavy atom. The second kappa shape index (κ2) is 4.44. The lowest BCUT2D eigenvalue weighted by Crippen LogP contribution is -2.61. The van der Waals surface area contributed by atoms with Crippen LogP contribution in [0.1, 0.15) is 46.0 Å². The highest BCUT2D eigenvalue weighted by Crippen LogP contribution is 2.28. The minimum absolute atomic E-state index is 0.0163. The first-order chi connectivity index (χ1) is 7.61. The van der Waals surface area contributed by atoms with Gasteiger partial charge in [0.1, 0.15) is 0 Å². The molecule has 2 unspecified atom stereocenters. The average Bonchev–Trinajstić information content (AvgIpc) is 2.42. The van der Waals surface area contributed by atoms with Crippen LogP contribution in [-0.4, -0.2) is 28.9 Å². The Labute approximate surface area is 96.4 Å². The Hall–Kier alpha value is -1.06. The highest BCUT2D eigenvalue weighted by atomic mass is 16.2. The Morgan fingerprint density at radius 2 is 1.88 bits per heavy atom. The zero-order chi connectivity index (χ0) is 11.7. The van der Waals surface area contributed by atoms with Crippen LogP contribution in [0.2, 0.25) is 0 Å². The van der Waals surface area contributed by atoms with Crippen LogP contribution in [0.5, 0.6) is 0 Å². The highest BCUT2D eigenvalue weighted by Gasteiger charge is 2.41. The van der Waals surface area contributed by atoms with Crippen molar-refractivity contribution in [1.82, 2.24) is 10.2 Å². The predicted octanol–water partition coefficient (Wildman–Crippen LogP) is 1.90. The van der Waals surface area contributed by atoms with E-state index < -0.39 is 0 Å². The van der Waals surface area contributed by atoms with E-state index in [-0.39, 0.29) is 29.9 Å². The molecule has 2 rings (SSSR count). The van der Waals surface area contributed by atoms with Crippen molar-refractivity contribution in [1.29, 1.82) is 0 Å². The summed E-state index contributed by atoms with van der Waals surface area (Å²) < 4.78 is 0. The predicted molar refractivity (Wildman–Crippen MR) is 60.9 cm³/mol. The summed E-state index contributed by atoms with van der Waals surface area (Å²) in [7, 11) is 0. The summed E-state index contributed by atoms with van der Waals surface area (Å²) in [5.74, 6) is 0.0493. The van der Waals surface area contributed by atoms with Crippen LogP contribution < -0.4 is 5.32 Å². The SMILES string of the molecule is CC(C)N1C(=O)NC2CCCCCC2C1=O. The maximum Gasteiger partial charge on any atom is 0.324 e. The van der Waals surface area contributed by atoms with Crippen molar-refractivity contribution in [3.63, 3.8) is 0 Å². The third-order valence-electron chi connectivity index (χ3n) is 3.61. The molecular weight excluding hydrogens is 204 g/mol. The normalized spacial score (nSPS) is 31.1. The van der Waals surface area contributed by atoms with Gasteiger partial charge in [-0.25, -0.2) is 4.79 Å². The number of fused-ring (bicyclic) bond motifs is 1. The fourth-order valence-electron chi connectivity index (χ4n) is 2.77. The van der Waals surface area contributed by atoms with Crippen molar-refractivity contribution in [3.05, 3.63) is 0 Å². The molecule has 1 aliphatic heterocycles. The van der Waals surface area contributed by atoms with Gasteiger partial charge in [-0.1, -0.05) is 19.3 Å². The molecule has 0 aromatic heterocycles. The van der Waals surface area contributed by atoms with Crippen molar-refractivity contribution in [2.45, 2.75) is 58.0 Å². The van der Waals surface area contributed by atoms with E-state index in [9.17, 15) is 9.59 Å². The fourth-order valence-corrected chi connectivity index (χ4v) is 2.77. The van der Waals surface area contributed by atoms with Crippen LogP contribution >= 0.6 is 0 Å². The van der Waals surface area contributed by atoms with Crippen molar-refractivity contribution in [3.8, 4) is 0 Å². The zero-order valence-electron chi connectivity index (χ0n) is 10.0. The first-order valence-corrected chi connectivity index (χ1v) is 6.25. The molecule has 2 aliphatic rings. The Morgan fingerprint density at radius 3 is 2.56 bits per heavy atom. The zero-order valence-corrected chi connectivity index (χ0v) is 10.0. The van der Waals surface area contributed by atoms with E-state index >= 15 is 0 Å². The van der Waals surface area contributed by atoms with Gasteiger partial charge in [0.2, 0.25) is 5.91 Å². The molecule has 1 aliphatic carbocycles. The van der Waals surface area contributed by atoms with E-state index in [0.29, 0.717) is 0 Å². The molecule has 4 heteroatoms. The molecule has 0 aromatic rings. The van der Waals surface area contributed by atoms with Crippen LogP contribution in [0.4, 0.5) is 4.79 Å². The molecular formula is C12H20N2O2. The number of nitrogens with one attached hydrogen (secondary N) is 1. The van der Waals surface area contributed by atoms with E-state index in [4.69, 9.17) is 0 Å². The molecule has 90 valence electrons. The maximum atomic E-state index is 12.2. The highest BCUT2D eigenvalue weighted by molar-refractivity contribution is 5.99. The number of amides is 3. The molecule has 1 saturated carbocycles. The molecule has 0 bridgehead atoms. The largest absolute Gasteiger partial charge is 0.334 e. The fraction of sp³-hybridized carbons (Fsp3) is 0.833. The summed E-state index contributed by atoms with van der Waals surface area (Å²) in [5, 5.41) is 2.99. The number of hydrogen-bond acceptors (Lipinski definition) is 2. The van der Waals surface area contributed by atoms with Gasteiger partial charge < -0.3 is 5.32 Å². The van der Waals surface area contributed by atoms with Gasteiger partial charge in [-0.3, -0.25) is 9.69 Å². The maximum absolute atomic E-state index is 12.2. The number of nitrogens with zero attached hydrogens (tertiary/aromatic N) is 1. The standard InChI is InChI=1S/C12H20N2O2/c1-8(2)14-11(15)9-6-4-3-5-7-10(9)13-12(14)16/h8-10H,3-7H2,1-2H3,(H,13,16).